The fraction of sp³-hybridized carbons (Fsp3) is 0.333. The van der Waals surface area contributed by atoms with Gasteiger partial charge in [0.25, 0.3) is 5.91 Å². The smallest absolute Gasteiger partial charge is 0.274 e. The van der Waals surface area contributed by atoms with Gasteiger partial charge < -0.3 is 14.4 Å². The fourth-order valence-corrected chi connectivity index (χ4v) is 3.46. The number of hydrogen-bond acceptors (Lipinski definition) is 6. The Kier molecular flexibility index (Phi) is 6.72. The number of hydrogen-bond donors (Lipinski definition) is 0. The minimum absolute atomic E-state index is 0.141. The van der Waals surface area contributed by atoms with E-state index in [1.807, 2.05) is 43.3 Å². The lowest BCUT2D eigenvalue weighted by molar-refractivity contribution is 0.0732. The van der Waals surface area contributed by atoms with Crippen LogP contribution in [-0.2, 0) is 6.54 Å². The maximum Gasteiger partial charge on any atom is 0.274 e. The van der Waals surface area contributed by atoms with Crippen LogP contribution in [0.4, 0.5) is 0 Å². The Labute approximate surface area is 182 Å². The molecule has 0 radical (unpaired) electrons. The molecule has 160 valence electrons. The summed E-state index contributed by atoms with van der Waals surface area (Å²) in [4.78, 5) is 27.9. The lowest BCUT2D eigenvalue weighted by Gasteiger charge is -2.24. The highest BCUT2D eigenvalue weighted by Gasteiger charge is 2.20. The Bertz CT molecular complexity index is 1020. The molecule has 0 aliphatic carbocycles. The molecule has 0 bridgehead atoms. The Balaban J connectivity index is 1.65. The van der Waals surface area contributed by atoms with E-state index in [4.69, 9.17) is 9.47 Å². The number of pyridine rings is 1. The Morgan fingerprint density at radius 2 is 1.77 bits per heavy atom. The van der Waals surface area contributed by atoms with Crippen molar-refractivity contribution in [3.8, 4) is 17.4 Å². The molecular formula is C24H26N4O3. The molecule has 1 aromatic carbocycles. The largest absolute Gasteiger partial charge is 0.490 e. The number of ether oxygens (including phenoxy) is 2. The summed E-state index contributed by atoms with van der Waals surface area (Å²) in [5.41, 5.74) is 1.95. The number of aromatic nitrogens is 3. The van der Waals surface area contributed by atoms with Gasteiger partial charge in [0.1, 0.15) is 5.69 Å². The highest BCUT2D eigenvalue weighted by atomic mass is 16.5. The second kappa shape index (κ2) is 10.0. The van der Waals surface area contributed by atoms with E-state index in [1.54, 1.807) is 17.3 Å². The normalized spacial score (nSPS) is 14.9. The molecule has 2 aromatic heterocycles. The molecule has 0 spiro atoms. The monoisotopic (exact) mass is 418 g/mol. The van der Waals surface area contributed by atoms with Gasteiger partial charge in [0.2, 0.25) is 5.88 Å². The molecule has 3 aromatic rings. The number of nitrogens with zero attached hydrogens (tertiary/aromatic N) is 4. The molecular weight excluding hydrogens is 392 g/mol. The summed E-state index contributed by atoms with van der Waals surface area (Å²) in [7, 11) is 0. The van der Waals surface area contributed by atoms with Gasteiger partial charge in [0.05, 0.1) is 25.0 Å². The fourth-order valence-electron chi connectivity index (χ4n) is 3.46. The highest BCUT2D eigenvalue weighted by molar-refractivity contribution is 5.92. The van der Waals surface area contributed by atoms with Crippen molar-refractivity contribution in [2.45, 2.75) is 39.2 Å². The predicted octanol–water partition coefficient (Wildman–Crippen LogP) is 4.57. The van der Waals surface area contributed by atoms with Crippen molar-refractivity contribution in [2.75, 3.05) is 13.2 Å². The second-order valence-corrected chi connectivity index (χ2v) is 7.55. The maximum absolute atomic E-state index is 13.2. The Hall–Kier alpha value is -3.48. The summed E-state index contributed by atoms with van der Waals surface area (Å²) in [5, 5.41) is 0. The quantitative estimate of drug-likeness (QED) is 0.576. The number of carbonyl (C=O) groups excluding carboxylic acids is 1. The molecule has 4 rings (SSSR count). The standard InChI is InChI=1S/C24H26N4O3/c1-18-15-27-20(16-26-18)24(29)28-13-6-2-3-7-14-30-21-10-4-5-11-22(21)31-23-19(17-28)9-8-12-25-23/h4-5,8-12,15-16H,2-3,6-7,13-14,17H2,1H3. The van der Waals surface area contributed by atoms with Gasteiger partial charge in [-0.15, -0.1) is 0 Å². The number of aryl methyl sites for hydroxylation is 1. The van der Waals surface area contributed by atoms with Crippen LogP contribution in [0.1, 0.15) is 47.4 Å². The van der Waals surface area contributed by atoms with Gasteiger partial charge in [-0.3, -0.25) is 9.78 Å². The van der Waals surface area contributed by atoms with Gasteiger partial charge in [0.15, 0.2) is 11.5 Å². The molecule has 7 heteroatoms. The van der Waals surface area contributed by atoms with Crippen molar-refractivity contribution < 1.29 is 14.3 Å². The third kappa shape index (κ3) is 5.36. The van der Waals surface area contributed by atoms with E-state index in [9.17, 15) is 4.79 Å². The summed E-state index contributed by atoms with van der Waals surface area (Å²) in [5.74, 6) is 1.63. The first-order valence-corrected chi connectivity index (χ1v) is 10.6. The van der Waals surface area contributed by atoms with Gasteiger partial charge in [-0.2, -0.15) is 0 Å². The van der Waals surface area contributed by atoms with E-state index in [2.05, 4.69) is 15.0 Å². The van der Waals surface area contributed by atoms with E-state index in [1.165, 1.54) is 6.20 Å². The molecule has 31 heavy (non-hydrogen) atoms. The maximum atomic E-state index is 13.2. The molecule has 0 saturated carbocycles. The van der Waals surface area contributed by atoms with Crippen molar-refractivity contribution in [3.05, 3.63) is 71.9 Å². The summed E-state index contributed by atoms with van der Waals surface area (Å²) in [6, 6.07) is 11.4. The first-order chi connectivity index (χ1) is 15.2. The van der Waals surface area contributed by atoms with Gasteiger partial charge in [-0.1, -0.05) is 31.0 Å². The third-order valence-electron chi connectivity index (χ3n) is 5.13. The van der Waals surface area contributed by atoms with Crippen LogP contribution in [0, 0.1) is 6.92 Å². The summed E-state index contributed by atoms with van der Waals surface area (Å²) >= 11 is 0. The zero-order valence-corrected chi connectivity index (χ0v) is 17.7. The lowest BCUT2D eigenvalue weighted by Crippen LogP contribution is -2.32. The highest BCUT2D eigenvalue weighted by Crippen LogP contribution is 2.32. The van der Waals surface area contributed by atoms with Crippen LogP contribution >= 0.6 is 0 Å². The molecule has 0 N–H and O–H groups in total. The molecule has 0 saturated heterocycles. The SMILES string of the molecule is Cc1cnc(C(=O)N2CCCCCCOc3ccccc3Oc3ncccc3C2)cn1. The number of para-hydroxylation sites is 2. The number of benzene rings is 1. The zero-order valence-electron chi connectivity index (χ0n) is 17.7. The molecule has 1 amide bonds. The zero-order chi connectivity index (χ0) is 21.5. The van der Waals surface area contributed by atoms with E-state index in [0.717, 1.165) is 36.9 Å². The third-order valence-corrected chi connectivity index (χ3v) is 5.13. The summed E-state index contributed by atoms with van der Waals surface area (Å²) < 4.78 is 12.1. The molecule has 0 unspecified atom stereocenters. The van der Waals surface area contributed by atoms with Crippen molar-refractivity contribution in [1.29, 1.82) is 0 Å². The molecule has 1 aliphatic rings. The summed E-state index contributed by atoms with van der Waals surface area (Å²) in [6.45, 7) is 3.47. The van der Waals surface area contributed by atoms with Crippen molar-refractivity contribution in [2.24, 2.45) is 0 Å². The van der Waals surface area contributed by atoms with Crippen LogP contribution in [0.25, 0.3) is 0 Å². The minimum atomic E-state index is -0.141. The number of amides is 1. The van der Waals surface area contributed by atoms with E-state index in [0.29, 0.717) is 42.8 Å². The van der Waals surface area contributed by atoms with Gasteiger partial charge in [-0.25, -0.2) is 9.97 Å². The molecule has 1 aliphatic heterocycles. The average molecular weight is 418 g/mol. The molecule has 7 nitrogen and oxygen atoms in total. The van der Waals surface area contributed by atoms with Crippen LogP contribution in [-0.4, -0.2) is 38.9 Å². The average Bonchev–Trinajstić information content (AvgIpc) is 2.79. The summed E-state index contributed by atoms with van der Waals surface area (Å²) in [6.07, 6.45) is 8.74. The molecule has 3 heterocycles. The minimum Gasteiger partial charge on any atom is -0.490 e. The van der Waals surface area contributed by atoms with Gasteiger partial charge >= 0.3 is 0 Å². The van der Waals surface area contributed by atoms with Gasteiger partial charge in [0, 0.05) is 24.5 Å². The van der Waals surface area contributed by atoms with Crippen LogP contribution in [0.5, 0.6) is 17.4 Å². The van der Waals surface area contributed by atoms with E-state index < -0.39 is 0 Å². The topological polar surface area (TPSA) is 77.4 Å². The van der Waals surface area contributed by atoms with Crippen LogP contribution in [0.15, 0.2) is 55.0 Å². The van der Waals surface area contributed by atoms with Crippen molar-refractivity contribution in [1.82, 2.24) is 19.9 Å². The number of fused-ring (bicyclic) bond motifs is 2. The van der Waals surface area contributed by atoms with E-state index >= 15 is 0 Å². The van der Waals surface area contributed by atoms with Gasteiger partial charge in [-0.05, 0) is 38.0 Å². The van der Waals surface area contributed by atoms with Crippen LogP contribution in [0.2, 0.25) is 0 Å². The van der Waals surface area contributed by atoms with Crippen LogP contribution < -0.4 is 9.47 Å². The van der Waals surface area contributed by atoms with Crippen molar-refractivity contribution in [3.63, 3.8) is 0 Å². The Morgan fingerprint density at radius 3 is 2.61 bits per heavy atom. The first-order valence-electron chi connectivity index (χ1n) is 10.6. The van der Waals surface area contributed by atoms with Crippen molar-refractivity contribution >= 4 is 5.91 Å². The number of carbonyl (C=O) groups is 1. The van der Waals surface area contributed by atoms with E-state index in [-0.39, 0.29) is 5.91 Å². The molecule has 0 fully saturated rings. The number of rotatable bonds is 1. The molecule has 0 atom stereocenters. The predicted molar refractivity (Wildman–Crippen MR) is 116 cm³/mol. The Morgan fingerprint density at radius 1 is 0.935 bits per heavy atom. The first kappa shape index (κ1) is 20.8. The van der Waals surface area contributed by atoms with Crippen LogP contribution in [0.3, 0.4) is 0 Å². The second-order valence-electron chi connectivity index (χ2n) is 7.55. The lowest BCUT2D eigenvalue weighted by atomic mass is 10.1.